The first kappa shape index (κ1) is 19.4. The Morgan fingerprint density at radius 2 is 1.69 bits per heavy atom. The summed E-state index contributed by atoms with van der Waals surface area (Å²) in [6.07, 6.45) is 0. The highest BCUT2D eigenvalue weighted by atomic mass is 16.5. The smallest absolute Gasteiger partial charge is 0.162 e. The van der Waals surface area contributed by atoms with Crippen LogP contribution in [0.4, 0.5) is 5.82 Å². The molecule has 1 aliphatic heterocycles. The number of benzene rings is 2. The minimum Gasteiger partial charge on any atom is -0.497 e. The highest BCUT2D eigenvalue weighted by Crippen LogP contribution is 2.28. The molecule has 152 valence electrons. The summed E-state index contributed by atoms with van der Waals surface area (Å²) in [7, 11) is 3.32. The van der Waals surface area contributed by atoms with Crippen LogP contribution in [0.15, 0.2) is 42.5 Å². The molecule has 1 saturated heterocycles. The van der Waals surface area contributed by atoms with Crippen LogP contribution < -0.4 is 14.8 Å². The van der Waals surface area contributed by atoms with Gasteiger partial charge in [-0.25, -0.2) is 9.97 Å². The molecule has 7 heteroatoms. The summed E-state index contributed by atoms with van der Waals surface area (Å²) in [5.74, 6) is 3.08. The lowest BCUT2D eigenvalue weighted by molar-refractivity contribution is 0.0398. The number of nitrogens with one attached hydrogen (secondary N) is 1. The van der Waals surface area contributed by atoms with Gasteiger partial charge in [0.15, 0.2) is 5.82 Å². The second-order valence-electron chi connectivity index (χ2n) is 6.89. The lowest BCUT2D eigenvalue weighted by Crippen LogP contribution is -2.39. The van der Waals surface area contributed by atoms with Crippen molar-refractivity contribution in [3.63, 3.8) is 0 Å². The minimum absolute atomic E-state index is 0.669. The fourth-order valence-electron chi connectivity index (χ4n) is 3.40. The maximum Gasteiger partial charge on any atom is 0.162 e. The van der Waals surface area contributed by atoms with E-state index in [1.54, 1.807) is 14.2 Å². The molecular weight excluding hydrogens is 368 g/mol. The topological polar surface area (TPSA) is 68.7 Å². The van der Waals surface area contributed by atoms with E-state index in [9.17, 15) is 0 Å². The van der Waals surface area contributed by atoms with Crippen LogP contribution in [0.3, 0.4) is 0 Å². The SMILES string of the molecule is COc1ccc(-c2nc(NCCN3CCOCC3)c3ccc(OC)cc3n2)cc1. The first-order chi connectivity index (χ1) is 14.3. The summed E-state index contributed by atoms with van der Waals surface area (Å²) in [6.45, 7) is 5.31. The molecule has 4 rings (SSSR count). The Morgan fingerprint density at radius 1 is 0.966 bits per heavy atom. The van der Waals surface area contributed by atoms with Gasteiger partial charge >= 0.3 is 0 Å². The van der Waals surface area contributed by atoms with Crippen molar-refractivity contribution in [2.75, 3.05) is 58.9 Å². The highest BCUT2D eigenvalue weighted by molar-refractivity contribution is 5.91. The fraction of sp³-hybridized carbons (Fsp3) is 0.364. The Kier molecular flexibility index (Phi) is 6.07. The molecule has 1 aromatic heterocycles. The zero-order valence-corrected chi connectivity index (χ0v) is 16.9. The van der Waals surface area contributed by atoms with Gasteiger partial charge in [0.1, 0.15) is 17.3 Å². The lowest BCUT2D eigenvalue weighted by Gasteiger charge is -2.26. The normalized spacial score (nSPS) is 14.7. The summed E-state index contributed by atoms with van der Waals surface area (Å²) in [5, 5.41) is 4.48. The number of methoxy groups -OCH3 is 2. The van der Waals surface area contributed by atoms with Crippen LogP contribution in [0.1, 0.15) is 0 Å². The minimum atomic E-state index is 0.669. The Balaban J connectivity index is 1.62. The van der Waals surface area contributed by atoms with Crippen LogP contribution >= 0.6 is 0 Å². The quantitative estimate of drug-likeness (QED) is 0.660. The number of ether oxygens (including phenoxy) is 3. The Labute approximate surface area is 170 Å². The molecule has 0 saturated carbocycles. The largest absolute Gasteiger partial charge is 0.497 e. The maximum atomic E-state index is 5.42. The first-order valence-electron chi connectivity index (χ1n) is 9.81. The number of anilines is 1. The molecule has 0 bridgehead atoms. The third-order valence-corrected chi connectivity index (χ3v) is 5.08. The molecular formula is C22H26N4O3. The molecule has 2 aromatic carbocycles. The molecule has 3 aromatic rings. The van der Waals surface area contributed by atoms with E-state index >= 15 is 0 Å². The average Bonchev–Trinajstić information content (AvgIpc) is 2.79. The van der Waals surface area contributed by atoms with E-state index < -0.39 is 0 Å². The molecule has 1 aliphatic rings. The van der Waals surface area contributed by atoms with Crippen molar-refractivity contribution in [2.45, 2.75) is 0 Å². The molecule has 0 radical (unpaired) electrons. The maximum absolute atomic E-state index is 5.42. The van der Waals surface area contributed by atoms with Crippen molar-refractivity contribution in [1.82, 2.24) is 14.9 Å². The zero-order valence-electron chi connectivity index (χ0n) is 16.9. The van der Waals surface area contributed by atoms with E-state index in [0.717, 1.165) is 73.2 Å². The molecule has 0 atom stereocenters. The van der Waals surface area contributed by atoms with Gasteiger partial charge in [0.05, 0.1) is 33.0 Å². The molecule has 0 spiro atoms. The molecule has 1 fully saturated rings. The highest BCUT2D eigenvalue weighted by Gasteiger charge is 2.13. The number of fused-ring (bicyclic) bond motifs is 1. The summed E-state index contributed by atoms with van der Waals surface area (Å²) in [6, 6.07) is 13.7. The number of nitrogens with zero attached hydrogens (tertiary/aromatic N) is 3. The molecule has 0 amide bonds. The Morgan fingerprint density at radius 3 is 2.41 bits per heavy atom. The number of morpholine rings is 1. The molecule has 2 heterocycles. The standard InChI is InChI=1S/C22H26N4O3/c1-27-17-5-3-16(4-6-17)21-24-20-15-18(28-2)7-8-19(20)22(25-21)23-9-10-26-11-13-29-14-12-26/h3-8,15H,9-14H2,1-2H3,(H,23,24,25). The van der Waals surface area contributed by atoms with E-state index in [0.29, 0.717) is 5.82 Å². The summed E-state index contributed by atoms with van der Waals surface area (Å²) >= 11 is 0. The number of hydrogen-bond acceptors (Lipinski definition) is 7. The van der Waals surface area contributed by atoms with Crippen molar-refractivity contribution in [3.8, 4) is 22.9 Å². The van der Waals surface area contributed by atoms with Crippen LogP contribution in [0.25, 0.3) is 22.3 Å². The van der Waals surface area contributed by atoms with Gasteiger partial charge in [-0.3, -0.25) is 4.90 Å². The van der Waals surface area contributed by atoms with E-state index in [4.69, 9.17) is 24.2 Å². The van der Waals surface area contributed by atoms with Crippen LogP contribution in [-0.2, 0) is 4.74 Å². The summed E-state index contributed by atoms with van der Waals surface area (Å²) < 4.78 is 16.1. The fourth-order valence-corrected chi connectivity index (χ4v) is 3.40. The second kappa shape index (κ2) is 9.07. The van der Waals surface area contributed by atoms with E-state index in [2.05, 4.69) is 10.2 Å². The molecule has 0 aliphatic carbocycles. The molecule has 0 unspecified atom stereocenters. The van der Waals surface area contributed by atoms with E-state index in [1.165, 1.54) is 0 Å². The number of hydrogen-bond donors (Lipinski definition) is 1. The number of rotatable bonds is 7. The van der Waals surface area contributed by atoms with Crippen molar-refractivity contribution in [2.24, 2.45) is 0 Å². The summed E-state index contributed by atoms with van der Waals surface area (Å²) in [5.41, 5.74) is 1.78. The van der Waals surface area contributed by atoms with Crippen molar-refractivity contribution in [1.29, 1.82) is 0 Å². The molecule has 1 N–H and O–H groups in total. The van der Waals surface area contributed by atoms with Gasteiger partial charge in [-0.15, -0.1) is 0 Å². The van der Waals surface area contributed by atoms with Crippen molar-refractivity contribution >= 4 is 16.7 Å². The third-order valence-electron chi connectivity index (χ3n) is 5.08. The molecule has 7 nitrogen and oxygen atoms in total. The van der Waals surface area contributed by atoms with E-state index in [-0.39, 0.29) is 0 Å². The third kappa shape index (κ3) is 4.58. The van der Waals surface area contributed by atoms with Gasteiger partial charge in [-0.05, 0) is 36.4 Å². The Bertz CT molecular complexity index is 956. The van der Waals surface area contributed by atoms with Crippen LogP contribution in [0.5, 0.6) is 11.5 Å². The predicted octanol–water partition coefficient (Wildman–Crippen LogP) is 3.06. The first-order valence-corrected chi connectivity index (χ1v) is 9.81. The molecule has 29 heavy (non-hydrogen) atoms. The monoisotopic (exact) mass is 394 g/mol. The van der Waals surface area contributed by atoms with Gasteiger partial charge in [0, 0.05) is 43.2 Å². The van der Waals surface area contributed by atoms with Crippen LogP contribution in [-0.4, -0.2) is 68.5 Å². The summed E-state index contributed by atoms with van der Waals surface area (Å²) in [4.78, 5) is 12.0. The second-order valence-corrected chi connectivity index (χ2v) is 6.89. The van der Waals surface area contributed by atoms with Crippen molar-refractivity contribution in [3.05, 3.63) is 42.5 Å². The van der Waals surface area contributed by atoms with Gasteiger partial charge in [0.25, 0.3) is 0 Å². The van der Waals surface area contributed by atoms with Gasteiger partial charge < -0.3 is 19.5 Å². The van der Waals surface area contributed by atoms with E-state index in [1.807, 2.05) is 42.5 Å². The Hall–Kier alpha value is -2.90. The van der Waals surface area contributed by atoms with Crippen LogP contribution in [0.2, 0.25) is 0 Å². The average molecular weight is 394 g/mol. The number of aromatic nitrogens is 2. The predicted molar refractivity (Wildman–Crippen MR) is 114 cm³/mol. The lowest BCUT2D eigenvalue weighted by atomic mass is 10.1. The zero-order chi connectivity index (χ0) is 20.1. The van der Waals surface area contributed by atoms with Gasteiger partial charge in [-0.1, -0.05) is 0 Å². The van der Waals surface area contributed by atoms with Crippen LogP contribution in [0, 0.1) is 0 Å². The van der Waals surface area contributed by atoms with Gasteiger partial charge in [0.2, 0.25) is 0 Å². The van der Waals surface area contributed by atoms with Crippen molar-refractivity contribution < 1.29 is 14.2 Å². The van der Waals surface area contributed by atoms with Gasteiger partial charge in [-0.2, -0.15) is 0 Å².